The molecule has 2 aromatic rings. The summed E-state index contributed by atoms with van der Waals surface area (Å²) in [6.07, 6.45) is 4.65. The SMILES string of the molecule is CCc1cnc(C)nc1NCC(c1ccccn1)N(C)C. The van der Waals surface area contributed by atoms with Gasteiger partial charge in [0.15, 0.2) is 0 Å². The fraction of sp³-hybridized carbons (Fsp3) is 0.438. The fourth-order valence-corrected chi connectivity index (χ4v) is 2.22. The van der Waals surface area contributed by atoms with Crippen molar-refractivity contribution in [3.8, 4) is 0 Å². The van der Waals surface area contributed by atoms with Crippen LogP contribution in [0.25, 0.3) is 0 Å². The largest absolute Gasteiger partial charge is 0.368 e. The molecule has 5 heteroatoms. The molecule has 1 N–H and O–H groups in total. The molecule has 0 fully saturated rings. The quantitative estimate of drug-likeness (QED) is 0.883. The van der Waals surface area contributed by atoms with Crippen LogP contribution in [-0.4, -0.2) is 40.5 Å². The summed E-state index contributed by atoms with van der Waals surface area (Å²) in [6, 6.07) is 6.21. The number of nitrogens with one attached hydrogen (secondary N) is 1. The van der Waals surface area contributed by atoms with Gasteiger partial charge in [-0.05, 0) is 39.6 Å². The first-order chi connectivity index (χ1) is 10.1. The Bertz CT molecular complexity index is 568. The van der Waals surface area contributed by atoms with Crippen molar-refractivity contribution in [2.75, 3.05) is 26.0 Å². The van der Waals surface area contributed by atoms with Crippen LogP contribution in [0.4, 0.5) is 5.82 Å². The van der Waals surface area contributed by atoms with E-state index in [1.807, 2.05) is 31.5 Å². The van der Waals surface area contributed by atoms with Gasteiger partial charge in [-0.1, -0.05) is 13.0 Å². The summed E-state index contributed by atoms with van der Waals surface area (Å²) in [6.45, 7) is 4.78. The summed E-state index contributed by atoms with van der Waals surface area (Å²) in [4.78, 5) is 15.4. The van der Waals surface area contributed by atoms with Crippen LogP contribution in [0.5, 0.6) is 0 Å². The minimum atomic E-state index is 0.200. The van der Waals surface area contributed by atoms with Gasteiger partial charge in [-0.3, -0.25) is 9.88 Å². The molecule has 0 radical (unpaired) electrons. The van der Waals surface area contributed by atoms with Gasteiger partial charge in [-0.15, -0.1) is 0 Å². The third-order valence-electron chi connectivity index (χ3n) is 3.48. The predicted octanol–water partition coefficient (Wildman–Crippen LogP) is 2.46. The molecule has 0 spiro atoms. The van der Waals surface area contributed by atoms with Crippen LogP contribution in [-0.2, 0) is 6.42 Å². The minimum absolute atomic E-state index is 0.200. The maximum absolute atomic E-state index is 4.51. The zero-order valence-electron chi connectivity index (χ0n) is 13.2. The normalized spacial score (nSPS) is 12.4. The van der Waals surface area contributed by atoms with Crippen molar-refractivity contribution >= 4 is 5.82 Å². The first-order valence-corrected chi connectivity index (χ1v) is 7.25. The van der Waals surface area contributed by atoms with Crippen molar-refractivity contribution in [1.82, 2.24) is 19.9 Å². The van der Waals surface area contributed by atoms with Crippen LogP contribution in [0.15, 0.2) is 30.6 Å². The van der Waals surface area contributed by atoms with Crippen molar-refractivity contribution < 1.29 is 0 Å². The van der Waals surface area contributed by atoms with Gasteiger partial charge >= 0.3 is 0 Å². The van der Waals surface area contributed by atoms with Gasteiger partial charge in [-0.2, -0.15) is 0 Å². The van der Waals surface area contributed by atoms with E-state index in [1.54, 1.807) is 0 Å². The van der Waals surface area contributed by atoms with E-state index in [4.69, 9.17) is 0 Å². The van der Waals surface area contributed by atoms with Crippen LogP contribution in [0, 0.1) is 6.92 Å². The van der Waals surface area contributed by atoms with Crippen LogP contribution < -0.4 is 5.32 Å². The predicted molar refractivity (Wildman–Crippen MR) is 85.3 cm³/mol. The summed E-state index contributed by atoms with van der Waals surface area (Å²) in [7, 11) is 4.12. The lowest BCUT2D eigenvalue weighted by atomic mass is 10.1. The summed E-state index contributed by atoms with van der Waals surface area (Å²) >= 11 is 0. The first kappa shape index (κ1) is 15.4. The van der Waals surface area contributed by atoms with Crippen molar-refractivity contribution in [2.45, 2.75) is 26.3 Å². The van der Waals surface area contributed by atoms with Crippen LogP contribution in [0.3, 0.4) is 0 Å². The summed E-state index contributed by atoms with van der Waals surface area (Å²) in [5, 5.41) is 3.45. The highest BCUT2D eigenvalue weighted by atomic mass is 15.1. The lowest BCUT2D eigenvalue weighted by Gasteiger charge is -2.24. The lowest BCUT2D eigenvalue weighted by molar-refractivity contribution is 0.306. The number of anilines is 1. The molecule has 0 aliphatic carbocycles. The first-order valence-electron chi connectivity index (χ1n) is 7.25. The Balaban J connectivity index is 2.14. The Labute approximate surface area is 126 Å². The molecule has 21 heavy (non-hydrogen) atoms. The van der Waals surface area contributed by atoms with Crippen LogP contribution in [0.1, 0.15) is 30.0 Å². The Morgan fingerprint density at radius 3 is 2.67 bits per heavy atom. The summed E-state index contributed by atoms with van der Waals surface area (Å²) in [5.41, 5.74) is 2.19. The van der Waals surface area contributed by atoms with E-state index < -0.39 is 0 Å². The maximum atomic E-state index is 4.51. The van der Waals surface area contributed by atoms with E-state index in [2.05, 4.69) is 52.3 Å². The van der Waals surface area contributed by atoms with Crippen molar-refractivity contribution in [3.63, 3.8) is 0 Å². The van der Waals surface area contributed by atoms with E-state index in [-0.39, 0.29) is 6.04 Å². The zero-order valence-corrected chi connectivity index (χ0v) is 13.2. The second kappa shape index (κ2) is 7.13. The van der Waals surface area contributed by atoms with Crippen LogP contribution >= 0.6 is 0 Å². The van der Waals surface area contributed by atoms with Gasteiger partial charge in [0.05, 0.1) is 11.7 Å². The molecule has 1 atom stereocenters. The Hall–Kier alpha value is -2.01. The molecule has 0 saturated carbocycles. The average molecular weight is 285 g/mol. The van der Waals surface area contributed by atoms with Gasteiger partial charge < -0.3 is 5.32 Å². The average Bonchev–Trinajstić information content (AvgIpc) is 2.48. The van der Waals surface area contributed by atoms with E-state index in [0.717, 1.165) is 35.9 Å². The molecule has 1 unspecified atom stereocenters. The lowest BCUT2D eigenvalue weighted by Crippen LogP contribution is -2.28. The highest BCUT2D eigenvalue weighted by Gasteiger charge is 2.16. The number of hydrogen-bond acceptors (Lipinski definition) is 5. The Morgan fingerprint density at radius 1 is 1.24 bits per heavy atom. The van der Waals surface area contributed by atoms with Gasteiger partial charge in [0.25, 0.3) is 0 Å². The maximum Gasteiger partial charge on any atom is 0.132 e. The Kier molecular flexibility index (Phi) is 5.22. The molecule has 0 amide bonds. The number of hydrogen-bond donors (Lipinski definition) is 1. The van der Waals surface area contributed by atoms with E-state index in [0.29, 0.717) is 0 Å². The number of rotatable bonds is 6. The highest BCUT2D eigenvalue weighted by Crippen LogP contribution is 2.18. The molecule has 2 aromatic heterocycles. The van der Waals surface area contributed by atoms with E-state index in [9.17, 15) is 0 Å². The van der Waals surface area contributed by atoms with Gasteiger partial charge in [0.1, 0.15) is 11.6 Å². The standard InChI is InChI=1S/C16H23N5/c1-5-13-10-18-12(2)20-16(13)19-11-15(21(3)4)14-8-6-7-9-17-14/h6-10,15H,5,11H2,1-4H3,(H,18,19,20). The van der Waals surface area contributed by atoms with Crippen molar-refractivity contribution in [3.05, 3.63) is 47.7 Å². The van der Waals surface area contributed by atoms with Gasteiger partial charge in [0, 0.05) is 24.5 Å². The number of aromatic nitrogens is 3. The molecule has 0 saturated heterocycles. The van der Waals surface area contributed by atoms with E-state index in [1.165, 1.54) is 0 Å². The highest BCUT2D eigenvalue weighted by molar-refractivity contribution is 5.43. The molecular formula is C16H23N5. The fourth-order valence-electron chi connectivity index (χ4n) is 2.22. The molecular weight excluding hydrogens is 262 g/mol. The van der Waals surface area contributed by atoms with Crippen LogP contribution in [0.2, 0.25) is 0 Å². The summed E-state index contributed by atoms with van der Waals surface area (Å²) < 4.78 is 0. The zero-order chi connectivity index (χ0) is 15.2. The number of nitrogens with zero attached hydrogens (tertiary/aromatic N) is 4. The van der Waals surface area contributed by atoms with Gasteiger partial charge in [0.2, 0.25) is 0 Å². The second-order valence-electron chi connectivity index (χ2n) is 5.26. The van der Waals surface area contributed by atoms with E-state index >= 15 is 0 Å². The molecule has 0 aliphatic rings. The molecule has 112 valence electrons. The van der Waals surface area contributed by atoms with Gasteiger partial charge in [-0.25, -0.2) is 9.97 Å². The number of likely N-dealkylation sites (N-methyl/N-ethyl adjacent to an activating group) is 1. The third kappa shape index (κ3) is 3.98. The van der Waals surface area contributed by atoms with Crippen molar-refractivity contribution in [1.29, 1.82) is 0 Å². The number of pyridine rings is 1. The molecule has 0 aromatic carbocycles. The van der Waals surface area contributed by atoms with Crippen molar-refractivity contribution in [2.24, 2.45) is 0 Å². The smallest absolute Gasteiger partial charge is 0.132 e. The second-order valence-corrected chi connectivity index (χ2v) is 5.26. The molecule has 5 nitrogen and oxygen atoms in total. The monoisotopic (exact) mass is 285 g/mol. The molecule has 0 aliphatic heterocycles. The molecule has 0 bridgehead atoms. The Morgan fingerprint density at radius 2 is 2.05 bits per heavy atom. The minimum Gasteiger partial charge on any atom is -0.368 e. The molecule has 2 rings (SSSR count). The third-order valence-corrected chi connectivity index (χ3v) is 3.48. The summed E-state index contributed by atoms with van der Waals surface area (Å²) in [5.74, 6) is 1.71. The number of aryl methyl sites for hydroxylation is 2. The molecule has 2 heterocycles. The topological polar surface area (TPSA) is 53.9 Å².